The molecule has 0 fully saturated rings. The van der Waals surface area contributed by atoms with Crippen molar-refractivity contribution in [3.8, 4) is 0 Å². The molecule has 0 saturated carbocycles. The van der Waals surface area contributed by atoms with Crippen LogP contribution in [0.3, 0.4) is 0 Å². The Labute approximate surface area is 191 Å². The van der Waals surface area contributed by atoms with E-state index in [2.05, 4.69) is 5.32 Å². The van der Waals surface area contributed by atoms with Crippen molar-refractivity contribution in [2.75, 3.05) is 5.75 Å². The Morgan fingerprint density at radius 2 is 1.69 bits per heavy atom. The van der Waals surface area contributed by atoms with Crippen molar-refractivity contribution in [2.24, 2.45) is 0 Å². The molecule has 0 aliphatic carbocycles. The molecule has 1 N–H and O–H groups in total. The van der Waals surface area contributed by atoms with Gasteiger partial charge in [-0.15, -0.1) is 11.8 Å². The lowest BCUT2D eigenvalue weighted by molar-refractivity contribution is -0.384. The number of benzene rings is 2. The van der Waals surface area contributed by atoms with Crippen LogP contribution < -0.4 is 5.32 Å². The van der Waals surface area contributed by atoms with Gasteiger partial charge in [0.15, 0.2) is 0 Å². The highest BCUT2D eigenvalue weighted by Crippen LogP contribution is 2.19. The van der Waals surface area contributed by atoms with Gasteiger partial charge in [0.05, 0.1) is 10.7 Å². The maximum atomic E-state index is 13.3. The number of carbonyl (C=O) groups is 2. The summed E-state index contributed by atoms with van der Waals surface area (Å²) < 4.78 is 13.3. The van der Waals surface area contributed by atoms with E-state index >= 15 is 0 Å². The van der Waals surface area contributed by atoms with Crippen molar-refractivity contribution in [3.63, 3.8) is 0 Å². The van der Waals surface area contributed by atoms with Gasteiger partial charge in [0, 0.05) is 30.5 Å². The highest BCUT2D eigenvalue weighted by atomic mass is 32.2. The van der Waals surface area contributed by atoms with Crippen molar-refractivity contribution in [2.45, 2.75) is 51.6 Å². The van der Waals surface area contributed by atoms with Crippen LogP contribution in [0.4, 0.5) is 10.1 Å². The standard InChI is InChI=1S/C23H28FN3O4S/c1-4-16(2)25-23(29)17(3)26(13-18-5-9-20(24)10-6-18)22(28)15-32-14-19-7-11-21(12-8-19)27(30)31/h5-12,16-17H,4,13-15H2,1-3H3,(H,25,29). The third-order valence-electron chi connectivity index (χ3n) is 5.08. The van der Waals surface area contributed by atoms with E-state index in [0.717, 1.165) is 17.5 Å². The Morgan fingerprint density at radius 1 is 1.09 bits per heavy atom. The predicted octanol–water partition coefficient (Wildman–Crippen LogP) is 4.30. The van der Waals surface area contributed by atoms with Crippen LogP contribution in [0.25, 0.3) is 0 Å². The van der Waals surface area contributed by atoms with E-state index in [1.54, 1.807) is 31.2 Å². The van der Waals surface area contributed by atoms with Crippen LogP contribution in [0.5, 0.6) is 0 Å². The van der Waals surface area contributed by atoms with E-state index in [1.807, 2.05) is 13.8 Å². The van der Waals surface area contributed by atoms with Crippen LogP contribution in [-0.4, -0.2) is 39.5 Å². The van der Waals surface area contributed by atoms with E-state index in [-0.39, 0.29) is 41.7 Å². The Bertz CT molecular complexity index is 922. The number of nitrogens with one attached hydrogen (secondary N) is 1. The lowest BCUT2D eigenvalue weighted by Gasteiger charge is -2.29. The molecule has 2 unspecified atom stereocenters. The van der Waals surface area contributed by atoms with Gasteiger partial charge in [-0.2, -0.15) is 0 Å². The lowest BCUT2D eigenvalue weighted by atomic mass is 10.1. The summed E-state index contributed by atoms with van der Waals surface area (Å²) in [7, 11) is 0. The molecule has 0 bridgehead atoms. The van der Waals surface area contributed by atoms with Gasteiger partial charge >= 0.3 is 0 Å². The van der Waals surface area contributed by atoms with Gasteiger partial charge in [-0.25, -0.2) is 4.39 Å². The summed E-state index contributed by atoms with van der Waals surface area (Å²) in [5, 5.41) is 13.7. The number of hydrogen-bond donors (Lipinski definition) is 1. The summed E-state index contributed by atoms with van der Waals surface area (Å²) >= 11 is 1.36. The number of thioether (sulfide) groups is 1. The Balaban J connectivity index is 2.05. The zero-order valence-corrected chi connectivity index (χ0v) is 19.2. The number of nitro groups is 1. The molecule has 2 aromatic rings. The molecule has 7 nitrogen and oxygen atoms in total. The molecule has 2 rings (SSSR count). The van der Waals surface area contributed by atoms with Gasteiger partial charge in [0.2, 0.25) is 11.8 Å². The summed E-state index contributed by atoms with van der Waals surface area (Å²) in [6, 6.07) is 11.3. The summed E-state index contributed by atoms with van der Waals surface area (Å²) in [5.41, 5.74) is 1.60. The topological polar surface area (TPSA) is 92.6 Å². The molecule has 9 heteroatoms. The number of non-ortho nitro benzene ring substituents is 1. The van der Waals surface area contributed by atoms with Gasteiger partial charge in [-0.05, 0) is 43.5 Å². The number of carbonyl (C=O) groups excluding carboxylic acids is 2. The normalized spacial score (nSPS) is 12.6. The minimum Gasteiger partial charge on any atom is -0.352 e. The lowest BCUT2D eigenvalue weighted by Crippen LogP contribution is -2.50. The third kappa shape index (κ3) is 7.64. The number of halogens is 1. The highest BCUT2D eigenvalue weighted by Gasteiger charge is 2.26. The van der Waals surface area contributed by atoms with Gasteiger partial charge < -0.3 is 10.2 Å². The fraction of sp³-hybridized carbons (Fsp3) is 0.391. The van der Waals surface area contributed by atoms with E-state index in [0.29, 0.717) is 5.75 Å². The number of nitro benzene ring substituents is 1. The molecule has 0 spiro atoms. The fourth-order valence-corrected chi connectivity index (χ4v) is 3.76. The van der Waals surface area contributed by atoms with E-state index in [1.165, 1.54) is 40.9 Å². The monoisotopic (exact) mass is 461 g/mol. The van der Waals surface area contributed by atoms with Crippen LogP contribution in [0.1, 0.15) is 38.3 Å². The first-order valence-corrected chi connectivity index (χ1v) is 11.5. The molecule has 0 heterocycles. The minimum absolute atomic E-state index is 0.00997. The molecule has 172 valence electrons. The summed E-state index contributed by atoms with van der Waals surface area (Å²) in [6.07, 6.45) is 0.773. The summed E-state index contributed by atoms with van der Waals surface area (Å²) in [6.45, 7) is 5.73. The molecular weight excluding hydrogens is 433 g/mol. The zero-order valence-electron chi connectivity index (χ0n) is 18.4. The third-order valence-corrected chi connectivity index (χ3v) is 6.06. The number of amides is 2. The zero-order chi connectivity index (χ0) is 23.7. The smallest absolute Gasteiger partial charge is 0.269 e. The van der Waals surface area contributed by atoms with Crippen LogP contribution in [0.15, 0.2) is 48.5 Å². The van der Waals surface area contributed by atoms with Crippen molar-refractivity contribution >= 4 is 29.3 Å². The predicted molar refractivity (Wildman–Crippen MR) is 124 cm³/mol. The second kappa shape index (κ2) is 12.2. The highest BCUT2D eigenvalue weighted by molar-refractivity contribution is 7.99. The summed E-state index contributed by atoms with van der Waals surface area (Å²) in [4.78, 5) is 37.5. The molecule has 0 saturated heterocycles. The largest absolute Gasteiger partial charge is 0.352 e. The van der Waals surface area contributed by atoms with E-state index in [4.69, 9.17) is 0 Å². The van der Waals surface area contributed by atoms with Gasteiger partial charge in [0.25, 0.3) is 5.69 Å². The van der Waals surface area contributed by atoms with Crippen molar-refractivity contribution in [3.05, 3.63) is 75.6 Å². The molecule has 0 aliphatic rings. The van der Waals surface area contributed by atoms with Crippen LogP contribution in [0, 0.1) is 15.9 Å². The maximum Gasteiger partial charge on any atom is 0.269 e. The first kappa shape index (κ1) is 25.3. The van der Waals surface area contributed by atoms with Gasteiger partial charge in [0.1, 0.15) is 11.9 Å². The first-order valence-electron chi connectivity index (χ1n) is 10.4. The second-order valence-electron chi connectivity index (χ2n) is 7.56. The van der Waals surface area contributed by atoms with Gasteiger partial charge in [-0.3, -0.25) is 19.7 Å². The van der Waals surface area contributed by atoms with E-state index in [9.17, 15) is 24.1 Å². The molecular formula is C23H28FN3O4S. The number of nitrogens with zero attached hydrogens (tertiary/aromatic N) is 2. The average Bonchev–Trinajstić information content (AvgIpc) is 2.78. The Morgan fingerprint density at radius 3 is 2.25 bits per heavy atom. The van der Waals surface area contributed by atoms with Crippen molar-refractivity contribution < 1.29 is 18.9 Å². The van der Waals surface area contributed by atoms with Crippen LogP contribution in [0.2, 0.25) is 0 Å². The number of rotatable bonds is 11. The second-order valence-corrected chi connectivity index (χ2v) is 8.54. The molecule has 0 radical (unpaired) electrons. The SMILES string of the molecule is CCC(C)NC(=O)C(C)N(Cc1ccc(F)cc1)C(=O)CSCc1ccc([N+](=O)[O-])cc1. The minimum atomic E-state index is -0.693. The molecule has 0 aromatic heterocycles. The van der Waals surface area contributed by atoms with Crippen molar-refractivity contribution in [1.82, 2.24) is 10.2 Å². The fourth-order valence-electron chi connectivity index (χ4n) is 2.89. The average molecular weight is 462 g/mol. The molecule has 2 aromatic carbocycles. The number of hydrogen-bond acceptors (Lipinski definition) is 5. The molecule has 2 atom stereocenters. The quantitative estimate of drug-likeness (QED) is 0.398. The summed E-state index contributed by atoms with van der Waals surface area (Å²) in [5.74, 6) is -0.184. The van der Waals surface area contributed by atoms with Gasteiger partial charge in [-0.1, -0.05) is 31.2 Å². The first-order chi connectivity index (χ1) is 15.2. The Kier molecular flexibility index (Phi) is 9.64. The molecule has 0 aliphatic heterocycles. The molecule has 32 heavy (non-hydrogen) atoms. The Hall–Kier alpha value is -2.94. The van der Waals surface area contributed by atoms with Crippen LogP contribution >= 0.6 is 11.8 Å². The maximum absolute atomic E-state index is 13.3. The van der Waals surface area contributed by atoms with Crippen LogP contribution in [-0.2, 0) is 21.9 Å². The van der Waals surface area contributed by atoms with Crippen molar-refractivity contribution in [1.29, 1.82) is 0 Å². The molecule has 2 amide bonds. The van der Waals surface area contributed by atoms with E-state index < -0.39 is 11.0 Å².